The second kappa shape index (κ2) is 9.17. The molecule has 0 bridgehead atoms. The van der Waals surface area contributed by atoms with Gasteiger partial charge in [-0.15, -0.1) is 0 Å². The van der Waals surface area contributed by atoms with E-state index in [1.165, 1.54) is 24.3 Å². The Kier molecular flexibility index (Phi) is 6.28. The molecular formula is C25H25N3O6. The number of nitro benzene ring substituents is 1. The number of fused-ring (bicyclic) bond motifs is 1. The summed E-state index contributed by atoms with van der Waals surface area (Å²) in [6.45, 7) is 3.27. The SMILES string of the molecule is Cc1ccc(C(=O)CN(C(=O)c2ccc([N+](=O)[O-])cc2)N2C(=O)[C@H]3CCCC[C@@H]3C2=O)cc1C. The molecule has 0 N–H and O–H groups in total. The quantitative estimate of drug-likeness (QED) is 0.279. The van der Waals surface area contributed by atoms with Crippen LogP contribution in [0.25, 0.3) is 0 Å². The first kappa shape index (κ1) is 23.3. The molecule has 1 saturated heterocycles. The normalized spacial score (nSPS) is 19.6. The number of benzene rings is 2. The molecule has 0 aromatic heterocycles. The Morgan fingerprint density at radius 1 is 0.941 bits per heavy atom. The van der Waals surface area contributed by atoms with Gasteiger partial charge in [0.05, 0.1) is 16.8 Å². The van der Waals surface area contributed by atoms with Crippen molar-refractivity contribution in [2.75, 3.05) is 6.54 Å². The highest BCUT2D eigenvalue weighted by atomic mass is 16.6. The predicted molar refractivity (Wildman–Crippen MR) is 122 cm³/mol. The van der Waals surface area contributed by atoms with Crippen LogP contribution in [0.3, 0.4) is 0 Å². The largest absolute Gasteiger partial charge is 0.292 e. The topological polar surface area (TPSA) is 118 Å². The van der Waals surface area contributed by atoms with Crippen molar-refractivity contribution < 1.29 is 24.1 Å². The van der Waals surface area contributed by atoms with Gasteiger partial charge in [-0.05, 0) is 56.0 Å². The molecular weight excluding hydrogens is 438 g/mol. The average molecular weight is 463 g/mol. The van der Waals surface area contributed by atoms with Gasteiger partial charge in [0.25, 0.3) is 23.4 Å². The van der Waals surface area contributed by atoms with Gasteiger partial charge in [0, 0.05) is 23.3 Å². The number of ketones is 1. The Balaban J connectivity index is 1.69. The first-order chi connectivity index (χ1) is 16.2. The van der Waals surface area contributed by atoms with Crippen LogP contribution in [-0.4, -0.2) is 45.0 Å². The number of nitro groups is 1. The lowest BCUT2D eigenvalue weighted by atomic mass is 9.81. The first-order valence-corrected chi connectivity index (χ1v) is 11.2. The lowest BCUT2D eigenvalue weighted by Crippen LogP contribution is -2.52. The third kappa shape index (κ3) is 4.21. The van der Waals surface area contributed by atoms with Crippen LogP contribution in [0.5, 0.6) is 0 Å². The van der Waals surface area contributed by atoms with E-state index in [0.29, 0.717) is 18.4 Å². The molecule has 4 rings (SSSR count). The minimum atomic E-state index is -0.743. The Morgan fingerprint density at radius 2 is 1.50 bits per heavy atom. The van der Waals surface area contributed by atoms with Crippen LogP contribution in [0, 0.1) is 35.8 Å². The lowest BCUT2D eigenvalue weighted by Gasteiger charge is -2.30. The van der Waals surface area contributed by atoms with Crippen LogP contribution < -0.4 is 0 Å². The van der Waals surface area contributed by atoms with E-state index in [1.54, 1.807) is 18.2 Å². The number of nitrogens with zero attached hydrogens (tertiary/aromatic N) is 3. The van der Waals surface area contributed by atoms with Crippen LogP contribution in [0.1, 0.15) is 57.5 Å². The minimum absolute atomic E-state index is 0.0361. The highest BCUT2D eigenvalue weighted by Gasteiger charge is 2.51. The second-order valence-electron chi connectivity index (χ2n) is 8.87. The van der Waals surface area contributed by atoms with Crippen molar-refractivity contribution in [2.24, 2.45) is 11.8 Å². The van der Waals surface area contributed by atoms with E-state index < -0.39 is 46.8 Å². The molecule has 34 heavy (non-hydrogen) atoms. The van der Waals surface area contributed by atoms with Crippen molar-refractivity contribution in [1.82, 2.24) is 10.0 Å². The summed E-state index contributed by atoms with van der Waals surface area (Å²) >= 11 is 0. The molecule has 9 heteroatoms. The molecule has 9 nitrogen and oxygen atoms in total. The number of Topliss-reactive ketones (excluding diaryl/α,β-unsaturated/α-hetero) is 1. The zero-order valence-corrected chi connectivity index (χ0v) is 19.0. The van der Waals surface area contributed by atoms with E-state index in [4.69, 9.17) is 0 Å². The molecule has 2 aliphatic rings. The molecule has 1 heterocycles. The first-order valence-electron chi connectivity index (χ1n) is 11.2. The van der Waals surface area contributed by atoms with E-state index in [2.05, 4.69) is 0 Å². The number of hydrogen-bond donors (Lipinski definition) is 0. The molecule has 176 valence electrons. The fourth-order valence-corrected chi connectivity index (χ4v) is 4.63. The van der Waals surface area contributed by atoms with E-state index in [0.717, 1.165) is 34.0 Å². The van der Waals surface area contributed by atoms with Gasteiger partial charge >= 0.3 is 0 Å². The maximum Gasteiger partial charge on any atom is 0.273 e. The second-order valence-corrected chi connectivity index (χ2v) is 8.87. The maximum atomic E-state index is 13.5. The Morgan fingerprint density at radius 3 is 2.03 bits per heavy atom. The number of amides is 3. The Labute approximate surface area is 196 Å². The van der Waals surface area contributed by atoms with Gasteiger partial charge in [-0.1, -0.05) is 25.0 Å². The molecule has 1 aliphatic carbocycles. The number of hydrogen-bond acceptors (Lipinski definition) is 6. The van der Waals surface area contributed by atoms with Crippen LogP contribution in [-0.2, 0) is 9.59 Å². The third-order valence-corrected chi connectivity index (χ3v) is 6.74. The fraction of sp³-hybridized carbons (Fsp3) is 0.360. The van der Waals surface area contributed by atoms with Gasteiger partial charge in [0.1, 0.15) is 6.54 Å². The summed E-state index contributed by atoms with van der Waals surface area (Å²) in [6.07, 6.45) is 2.78. The number of carbonyl (C=O) groups excluding carboxylic acids is 4. The Bertz CT molecular complexity index is 1170. The van der Waals surface area contributed by atoms with Crippen LogP contribution in [0.2, 0.25) is 0 Å². The standard InChI is InChI=1S/C25H25N3O6/c1-15-7-8-18(13-16(15)2)22(29)14-26(23(30)17-9-11-19(12-10-17)28(33)34)27-24(31)20-5-3-4-6-21(20)25(27)32/h7-13,20-21H,3-6,14H2,1-2H3/t20-,21-/m0/s1. The number of carbonyl (C=O) groups is 4. The van der Waals surface area contributed by atoms with Crippen LogP contribution >= 0.6 is 0 Å². The van der Waals surface area contributed by atoms with Crippen molar-refractivity contribution in [1.29, 1.82) is 0 Å². The van der Waals surface area contributed by atoms with E-state index >= 15 is 0 Å². The summed E-state index contributed by atoms with van der Waals surface area (Å²) in [7, 11) is 0. The predicted octanol–water partition coefficient (Wildman–Crippen LogP) is 3.63. The summed E-state index contributed by atoms with van der Waals surface area (Å²) in [5.41, 5.74) is 2.10. The highest BCUT2D eigenvalue weighted by molar-refractivity contribution is 6.09. The summed E-state index contributed by atoms with van der Waals surface area (Å²) in [5, 5.41) is 12.7. The highest BCUT2D eigenvalue weighted by Crippen LogP contribution is 2.39. The van der Waals surface area contributed by atoms with Crippen molar-refractivity contribution >= 4 is 29.2 Å². The number of aryl methyl sites for hydroxylation is 2. The van der Waals surface area contributed by atoms with Gasteiger partial charge in [0.2, 0.25) is 0 Å². The zero-order valence-electron chi connectivity index (χ0n) is 19.0. The molecule has 0 radical (unpaired) electrons. The van der Waals surface area contributed by atoms with Crippen molar-refractivity contribution in [3.8, 4) is 0 Å². The third-order valence-electron chi connectivity index (χ3n) is 6.74. The molecule has 0 unspecified atom stereocenters. The van der Waals surface area contributed by atoms with Gasteiger partial charge in [-0.3, -0.25) is 29.3 Å². The van der Waals surface area contributed by atoms with Crippen LogP contribution in [0.15, 0.2) is 42.5 Å². The van der Waals surface area contributed by atoms with Crippen molar-refractivity contribution in [2.45, 2.75) is 39.5 Å². The molecule has 2 fully saturated rings. The lowest BCUT2D eigenvalue weighted by molar-refractivity contribution is -0.384. The number of imide groups is 1. The Hall–Kier alpha value is -3.88. The molecule has 1 saturated carbocycles. The number of non-ortho nitro benzene ring substituents is 1. The summed E-state index contributed by atoms with van der Waals surface area (Å²) in [4.78, 5) is 63.4. The van der Waals surface area contributed by atoms with Gasteiger partial charge in [-0.2, -0.15) is 5.01 Å². The van der Waals surface area contributed by atoms with E-state index in [1.807, 2.05) is 13.8 Å². The molecule has 2 aromatic rings. The van der Waals surface area contributed by atoms with E-state index in [9.17, 15) is 29.3 Å². The summed E-state index contributed by atoms with van der Waals surface area (Å²) in [6, 6.07) is 10.0. The zero-order chi connectivity index (χ0) is 24.6. The van der Waals surface area contributed by atoms with Crippen LogP contribution in [0.4, 0.5) is 5.69 Å². The fourth-order valence-electron chi connectivity index (χ4n) is 4.63. The van der Waals surface area contributed by atoms with E-state index in [-0.39, 0.29) is 11.3 Å². The summed E-state index contributed by atoms with van der Waals surface area (Å²) < 4.78 is 0. The molecule has 3 amide bonds. The monoisotopic (exact) mass is 463 g/mol. The van der Waals surface area contributed by atoms with Crippen molar-refractivity contribution in [3.05, 3.63) is 74.8 Å². The smallest absolute Gasteiger partial charge is 0.273 e. The molecule has 1 aliphatic heterocycles. The van der Waals surface area contributed by atoms with Crippen molar-refractivity contribution in [3.63, 3.8) is 0 Å². The molecule has 2 aromatic carbocycles. The van der Waals surface area contributed by atoms with Gasteiger partial charge < -0.3 is 0 Å². The average Bonchev–Trinajstić information content (AvgIpc) is 3.08. The molecule has 2 atom stereocenters. The minimum Gasteiger partial charge on any atom is -0.292 e. The number of hydrazine groups is 1. The maximum absolute atomic E-state index is 13.5. The summed E-state index contributed by atoms with van der Waals surface area (Å²) in [5.74, 6) is -3.10. The van der Waals surface area contributed by atoms with Gasteiger partial charge in [-0.25, -0.2) is 5.01 Å². The molecule has 0 spiro atoms. The van der Waals surface area contributed by atoms with Gasteiger partial charge in [0.15, 0.2) is 5.78 Å². The number of rotatable bonds is 6.